The van der Waals surface area contributed by atoms with Crippen molar-refractivity contribution in [3.8, 4) is 17.0 Å². The number of fused-ring (bicyclic) bond motifs is 3. The number of carboxylic acids is 1. The number of para-hydroxylation sites is 1. The number of ether oxygens (including phenoxy) is 1. The third kappa shape index (κ3) is 3.38. The molecule has 1 atom stereocenters. The van der Waals surface area contributed by atoms with E-state index in [2.05, 4.69) is 15.3 Å². The normalized spacial score (nSPS) is 12.1. The first-order valence-electron chi connectivity index (χ1n) is 9.05. The maximum Gasteiger partial charge on any atom is 0.270 e. The molecule has 2 aromatic heterocycles. The van der Waals surface area contributed by atoms with Gasteiger partial charge in [0.05, 0.1) is 30.3 Å². The second-order valence-electron chi connectivity index (χ2n) is 6.70. The van der Waals surface area contributed by atoms with Crippen molar-refractivity contribution in [1.82, 2.24) is 15.3 Å². The van der Waals surface area contributed by atoms with Gasteiger partial charge in [0.1, 0.15) is 11.4 Å². The van der Waals surface area contributed by atoms with Crippen LogP contribution in [0.25, 0.3) is 33.1 Å². The summed E-state index contributed by atoms with van der Waals surface area (Å²) in [5, 5.41) is 15.2. The number of hydrogen-bond donors (Lipinski definition) is 2. The quantitative estimate of drug-likeness (QED) is 0.545. The molecule has 2 aromatic carbocycles. The minimum absolute atomic E-state index is 0.119. The lowest BCUT2D eigenvalue weighted by Gasteiger charge is -2.15. The molecule has 0 radical (unpaired) electrons. The summed E-state index contributed by atoms with van der Waals surface area (Å²) in [6, 6.07) is 15.6. The molecular formula is C22H18N3O4-. The first-order chi connectivity index (χ1) is 14.0. The number of benzene rings is 2. The minimum atomic E-state index is -1.36. The van der Waals surface area contributed by atoms with Gasteiger partial charge in [-0.2, -0.15) is 0 Å². The standard InChI is InChI=1S/C22H19N3O4/c1-12(22(27)28)23-21(26)18-11-16-15-8-3-4-9-17(15)24-20(16)19(25-18)13-6-5-7-14(10-13)29-2/h3-12,24H,1-2H3,(H,23,26)(H,27,28)/p-1/t12-/m0/s1. The highest BCUT2D eigenvalue weighted by molar-refractivity contribution is 6.13. The number of aliphatic carboxylic acids is 1. The number of aromatic nitrogens is 2. The summed E-state index contributed by atoms with van der Waals surface area (Å²) in [6.07, 6.45) is 0. The number of methoxy groups -OCH3 is 1. The van der Waals surface area contributed by atoms with E-state index in [0.29, 0.717) is 11.4 Å². The van der Waals surface area contributed by atoms with Gasteiger partial charge >= 0.3 is 0 Å². The molecule has 0 spiro atoms. The van der Waals surface area contributed by atoms with Crippen molar-refractivity contribution in [2.75, 3.05) is 7.11 Å². The molecular weight excluding hydrogens is 370 g/mol. The summed E-state index contributed by atoms with van der Waals surface area (Å²) < 4.78 is 5.31. The number of pyridine rings is 1. The Kier molecular flexibility index (Phi) is 4.64. The number of carboxylic acid groups (broad SMARTS) is 1. The number of nitrogens with zero attached hydrogens (tertiary/aromatic N) is 1. The van der Waals surface area contributed by atoms with E-state index in [1.165, 1.54) is 6.92 Å². The molecule has 2 N–H and O–H groups in total. The molecule has 0 saturated heterocycles. The average Bonchev–Trinajstić information content (AvgIpc) is 3.11. The molecule has 0 aliphatic carbocycles. The van der Waals surface area contributed by atoms with Gasteiger partial charge in [0, 0.05) is 21.9 Å². The highest BCUT2D eigenvalue weighted by atomic mass is 16.5. The summed E-state index contributed by atoms with van der Waals surface area (Å²) in [5.41, 5.74) is 3.15. The van der Waals surface area contributed by atoms with Gasteiger partial charge in [0.2, 0.25) is 0 Å². The first kappa shape index (κ1) is 18.5. The van der Waals surface area contributed by atoms with Crippen molar-refractivity contribution < 1.29 is 19.4 Å². The van der Waals surface area contributed by atoms with Crippen molar-refractivity contribution in [1.29, 1.82) is 0 Å². The van der Waals surface area contributed by atoms with E-state index in [-0.39, 0.29) is 5.69 Å². The van der Waals surface area contributed by atoms with Gasteiger partial charge in [-0.3, -0.25) is 4.79 Å². The Balaban J connectivity index is 1.95. The zero-order chi connectivity index (χ0) is 20.5. The Bertz CT molecular complexity index is 1250. The van der Waals surface area contributed by atoms with Crippen molar-refractivity contribution >= 4 is 33.7 Å². The van der Waals surface area contributed by atoms with Gasteiger partial charge in [-0.05, 0) is 31.2 Å². The predicted octanol–water partition coefficient (Wildman–Crippen LogP) is 2.26. The molecule has 2 heterocycles. The Morgan fingerprint density at radius 2 is 1.90 bits per heavy atom. The number of carbonyl (C=O) groups is 2. The number of rotatable bonds is 5. The number of nitrogens with one attached hydrogen (secondary N) is 2. The van der Waals surface area contributed by atoms with Crippen molar-refractivity contribution in [3.63, 3.8) is 0 Å². The van der Waals surface area contributed by atoms with Gasteiger partial charge in [-0.25, -0.2) is 4.98 Å². The SMILES string of the molecule is COc1cccc(-c2nc(C(=O)N[C@@H](C)C(=O)[O-])cc3c2[nH]c2ccccc23)c1. The molecule has 4 aromatic rings. The lowest BCUT2D eigenvalue weighted by atomic mass is 10.1. The van der Waals surface area contributed by atoms with E-state index in [4.69, 9.17) is 4.74 Å². The second-order valence-corrected chi connectivity index (χ2v) is 6.70. The van der Waals surface area contributed by atoms with Crippen LogP contribution in [-0.2, 0) is 4.79 Å². The Morgan fingerprint density at radius 3 is 2.66 bits per heavy atom. The maximum absolute atomic E-state index is 12.7. The Morgan fingerprint density at radius 1 is 1.10 bits per heavy atom. The van der Waals surface area contributed by atoms with Gasteiger partial charge in [0.25, 0.3) is 5.91 Å². The lowest BCUT2D eigenvalue weighted by molar-refractivity contribution is -0.307. The van der Waals surface area contributed by atoms with Crippen LogP contribution in [0.3, 0.4) is 0 Å². The van der Waals surface area contributed by atoms with Crippen LogP contribution in [0.1, 0.15) is 17.4 Å². The maximum atomic E-state index is 12.7. The monoisotopic (exact) mass is 388 g/mol. The summed E-state index contributed by atoms with van der Waals surface area (Å²) in [6.45, 7) is 1.35. The van der Waals surface area contributed by atoms with Crippen LogP contribution in [-0.4, -0.2) is 35.0 Å². The van der Waals surface area contributed by atoms with E-state index in [1.807, 2.05) is 48.5 Å². The molecule has 0 aliphatic rings. The van der Waals surface area contributed by atoms with Crippen LogP contribution in [0.15, 0.2) is 54.6 Å². The first-order valence-corrected chi connectivity index (χ1v) is 9.05. The van der Waals surface area contributed by atoms with Gasteiger partial charge < -0.3 is 24.9 Å². The van der Waals surface area contributed by atoms with Crippen LogP contribution in [0.4, 0.5) is 0 Å². The molecule has 4 rings (SSSR count). The highest BCUT2D eigenvalue weighted by Gasteiger charge is 2.18. The summed E-state index contributed by atoms with van der Waals surface area (Å²) in [7, 11) is 1.58. The molecule has 7 nitrogen and oxygen atoms in total. The molecule has 7 heteroatoms. The van der Waals surface area contributed by atoms with Crippen LogP contribution >= 0.6 is 0 Å². The van der Waals surface area contributed by atoms with E-state index in [1.54, 1.807) is 13.2 Å². The molecule has 0 aliphatic heterocycles. The van der Waals surface area contributed by atoms with Crippen molar-refractivity contribution in [3.05, 3.63) is 60.3 Å². The average molecular weight is 388 g/mol. The summed E-state index contributed by atoms with van der Waals surface area (Å²) >= 11 is 0. The smallest absolute Gasteiger partial charge is 0.270 e. The molecule has 0 unspecified atom stereocenters. The number of aromatic amines is 1. The topological polar surface area (TPSA) is 107 Å². The van der Waals surface area contributed by atoms with Crippen molar-refractivity contribution in [2.45, 2.75) is 13.0 Å². The molecule has 29 heavy (non-hydrogen) atoms. The van der Waals surface area contributed by atoms with E-state index >= 15 is 0 Å². The predicted molar refractivity (Wildman–Crippen MR) is 108 cm³/mol. The minimum Gasteiger partial charge on any atom is -0.548 e. The molecule has 1 amide bonds. The lowest BCUT2D eigenvalue weighted by Crippen LogP contribution is -2.46. The van der Waals surface area contributed by atoms with Crippen LogP contribution in [0.2, 0.25) is 0 Å². The van der Waals surface area contributed by atoms with Crippen LogP contribution < -0.4 is 15.2 Å². The zero-order valence-electron chi connectivity index (χ0n) is 15.9. The van der Waals surface area contributed by atoms with Gasteiger partial charge in [-0.1, -0.05) is 30.3 Å². The number of amides is 1. The van der Waals surface area contributed by atoms with Gasteiger partial charge in [-0.15, -0.1) is 0 Å². The van der Waals surface area contributed by atoms with E-state index in [9.17, 15) is 14.7 Å². The summed E-state index contributed by atoms with van der Waals surface area (Å²) in [5.74, 6) is -1.29. The fourth-order valence-corrected chi connectivity index (χ4v) is 3.27. The Labute approximate surface area is 166 Å². The third-order valence-corrected chi connectivity index (χ3v) is 4.77. The largest absolute Gasteiger partial charge is 0.548 e. The summed E-state index contributed by atoms with van der Waals surface area (Å²) in [4.78, 5) is 31.6. The molecule has 0 fully saturated rings. The Hall–Kier alpha value is -3.87. The van der Waals surface area contributed by atoms with E-state index in [0.717, 1.165) is 27.4 Å². The number of H-pyrrole nitrogens is 1. The second kappa shape index (κ2) is 7.27. The third-order valence-electron chi connectivity index (χ3n) is 4.77. The molecule has 0 bridgehead atoms. The molecule has 0 saturated carbocycles. The molecule has 146 valence electrons. The van der Waals surface area contributed by atoms with Crippen molar-refractivity contribution in [2.24, 2.45) is 0 Å². The number of hydrogen-bond acceptors (Lipinski definition) is 5. The van der Waals surface area contributed by atoms with Crippen LogP contribution in [0, 0.1) is 0 Å². The van der Waals surface area contributed by atoms with Gasteiger partial charge in [0.15, 0.2) is 0 Å². The number of carbonyl (C=O) groups excluding carboxylic acids is 2. The fourth-order valence-electron chi connectivity index (χ4n) is 3.27. The fraction of sp³-hybridized carbons (Fsp3) is 0.136. The zero-order valence-corrected chi connectivity index (χ0v) is 15.9. The van der Waals surface area contributed by atoms with E-state index < -0.39 is 17.9 Å². The van der Waals surface area contributed by atoms with Crippen LogP contribution in [0.5, 0.6) is 5.75 Å². The highest BCUT2D eigenvalue weighted by Crippen LogP contribution is 2.33.